The molecule has 2 rings (SSSR count). The van der Waals surface area contributed by atoms with Crippen LogP contribution in [0.25, 0.3) is 10.8 Å². The van der Waals surface area contributed by atoms with Crippen LogP contribution in [0.5, 0.6) is 0 Å². The Balaban J connectivity index is 2.13. The van der Waals surface area contributed by atoms with Gasteiger partial charge in [-0.15, -0.1) is 0 Å². The maximum Gasteiger partial charge on any atom is 0.0834 e. The number of hydrogen-bond donors (Lipinski definition) is 3. The number of fused-ring (bicyclic) bond motifs is 1. The van der Waals surface area contributed by atoms with Crippen LogP contribution in [0.3, 0.4) is 0 Å². The van der Waals surface area contributed by atoms with E-state index in [4.69, 9.17) is 5.73 Å². The Labute approximate surface area is 94.9 Å². The summed E-state index contributed by atoms with van der Waals surface area (Å²) < 4.78 is 0. The van der Waals surface area contributed by atoms with E-state index >= 15 is 0 Å². The van der Waals surface area contributed by atoms with Crippen molar-refractivity contribution in [1.29, 1.82) is 0 Å². The zero-order valence-electron chi connectivity index (χ0n) is 9.06. The standard InChI is InChI=1S/C13H16N2O/c14-8-13(16)9-15-12-6-5-10-3-1-2-4-11(10)7-12/h1-7,13,15-16H,8-9,14H2/t13-/m1/s1. The third-order valence-electron chi connectivity index (χ3n) is 2.56. The molecule has 0 aromatic heterocycles. The molecule has 0 aliphatic heterocycles. The molecule has 0 spiro atoms. The number of rotatable bonds is 4. The van der Waals surface area contributed by atoms with Crippen molar-refractivity contribution < 1.29 is 5.11 Å². The van der Waals surface area contributed by atoms with E-state index < -0.39 is 6.10 Å². The van der Waals surface area contributed by atoms with Gasteiger partial charge in [-0.1, -0.05) is 30.3 Å². The van der Waals surface area contributed by atoms with Crippen LogP contribution >= 0.6 is 0 Å². The first-order valence-corrected chi connectivity index (χ1v) is 5.40. The maximum atomic E-state index is 9.35. The fourth-order valence-corrected chi connectivity index (χ4v) is 1.62. The smallest absolute Gasteiger partial charge is 0.0834 e. The fraction of sp³-hybridized carbons (Fsp3) is 0.231. The van der Waals surface area contributed by atoms with Gasteiger partial charge in [-0.05, 0) is 22.9 Å². The number of benzene rings is 2. The monoisotopic (exact) mass is 216 g/mol. The van der Waals surface area contributed by atoms with Gasteiger partial charge in [0.25, 0.3) is 0 Å². The molecular weight excluding hydrogens is 200 g/mol. The van der Waals surface area contributed by atoms with E-state index in [-0.39, 0.29) is 6.54 Å². The lowest BCUT2D eigenvalue weighted by atomic mass is 10.1. The van der Waals surface area contributed by atoms with E-state index in [2.05, 4.69) is 29.6 Å². The molecule has 3 heteroatoms. The second kappa shape index (κ2) is 4.96. The summed E-state index contributed by atoms with van der Waals surface area (Å²) in [6, 6.07) is 14.3. The molecule has 0 unspecified atom stereocenters. The van der Waals surface area contributed by atoms with E-state index in [1.165, 1.54) is 10.8 Å². The van der Waals surface area contributed by atoms with Crippen molar-refractivity contribution in [1.82, 2.24) is 0 Å². The normalized spacial score (nSPS) is 12.6. The highest BCUT2D eigenvalue weighted by Gasteiger charge is 2.00. The van der Waals surface area contributed by atoms with Crippen molar-refractivity contribution in [3.05, 3.63) is 42.5 Å². The molecule has 0 amide bonds. The largest absolute Gasteiger partial charge is 0.390 e. The van der Waals surface area contributed by atoms with Gasteiger partial charge >= 0.3 is 0 Å². The van der Waals surface area contributed by atoms with E-state index in [1.807, 2.05) is 18.2 Å². The van der Waals surface area contributed by atoms with Gasteiger partial charge in [0, 0.05) is 18.8 Å². The van der Waals surface area contributed by atoms with Crippen LogP contribution in [-0.2, 0) is 0 Å². The lowest BCUT2D eigenvalue weighted by molar-refractivity contribution is 0.196. The second-order valence-corrected chi connectivity index (χ2v) is 3.83. The number of aliphatic hydroxyl groups is 1. The Morgan fingerprint density at radius 3 is 2.62 bits per heavy atom. The zero-order chi connectivity index (χ0) is 11.4. The first kappa shape index (κ1) is 10.9. The van der Waals surface area contributed by atoms with Gasteiger partial charge in [0.05, 0.1) is 6.10 Å². The summed E-state index contributed by atoms with van der Waals surface area (Å²) in [5.41, 5.74) is 6.34. The molecule has 4 N–H and O–H groups in total. The van der Waals surface area contributed by atoms with Gasteiger partial charge < -0.3 is 16.2 Å². The number of nitrogens with two attached hydrogens (primary N) is 1. The highest BCUT2D eigenvalue weighted by Crippen LogP contribution is 2.18. The first-order chi connectivity index (χ1) is 7.79. The quantitative estimate of drug-likeness (QED) is 0.727. The van der Waals surface area contributed by atoms with Crippen LogP contribution in [0.2, 0.25) is 0 Å². The van der Waals surface area contributed by atoms with Gasteiger partial charge in [0.15, 0.2) is 0 Å². The second-order valence-electron chi connectivity index (χ2n) is 3.83. The third kappa shape index (κ3) is 2.51. The molecular formula is C13H16N2O. The molecule has 3 nitrogen and oxygen atoms in total. The summed E-state index contributed by atoms with van der Waals surface area (Å²) in [5.74, 6) is 0. The van der Waals surface area contributed by atoms with Crippen molar-refractivity contribution in [3.8, 4) is 0 Å². The molecule has 16 heavy (non-hydrogen) atoms. The van der Waals surface area contributed by atoms with Gasteiger partial charge in [-0.2, -0.15) is 0 Å². The minimum absolute atomic E-state index is 0.278. The minimum Gasteiger partial charge on any atom is -0.390 e. The summed E-state index contributed by atoms with van der Waals surface area (Å²) in [6.07, 6.45) is -0.494. The lowest BCUT2D eigenvalue weighted by Crippen LogP contribution is -2.27. The summed E-state index contributed by atoms with van der Waals surface area (Å²) in [7, 11) is 0. The molecule has 0 fully saturated rings. The van der Waals surface area contributed by atoms with E-state index in [0.29, 0.717) is 6.54 Å². The average molecular weight is 216 g/mol. The molecule has 0 bridgehead atoms. The molecule has 0 radical (unpaired) electrons. The summed E-state index contributed by atoms with van der Waals surface area (Å²) >= 11 is 0. The molecule has 0 heterocycles. The highest BCUT2D eigenvalue weighted by atomic mass is 16.3. The maximum absolute atomic E-state index is 9.35. The van der Waals surface area contributed by atoms with Gasteiger partial charge in [0.1, 0.15) is 0 Å². The summed E-state index contributed by atoms with van der Waals surface area (Å²) in [4.78, 5) is 0. The third-order valence-corrected chi connectivity index (χ3v) is 2.56. The van der Waals surface area contributed by atoms with E-state index in [1.54, 1.807) is 0 Å². The number of aliphatic hydroxyl groups excluding tert-OH is 1. The van der Waals surface area contributed by atoms with Crippen molar-refractivity contribution in [2.75, 3.05) is 18.4 Å². The van der Waals surface area contributed by atoms with Gasteiger partial charge in [-0.3, -0.25) is 0 Å². The first-order valence-electron chi connectivity index (χ1n) is 5.40. The fourth-order valence-electron chi connectivity index (χ4n) is 1.62. The van der Waals surface area contributed by atoms with Crippen molar-refractivity contribution >= 4 is 16.5 Å². The van der Waals surface area contributed by atoms with Crippen LogP contribution in [-0.4, -0.2) is 24.3 Å². The van der Waals surface area contributed by atoms with Crippen LogP contribution in [0, 0.1) is 0 Å². The van der Waals surface area contributed by atoms with E-state index in [9.17, 15) is 5.11 Å². The Hall–Kier alpha value is -1.58. The van der Waals surface area contributed by atoms with Crippen molar-refractivity contribution in [3.63, 3.8) is 0 Å². The molecule has 1 atom stereocenters. The number of hydrogen-bond acceptors (Lipinski definition) is 3. The topological polar surface area (TPSA) is 58.3 Å². The molecule has 2 aromatic rings. The molecule has 0 aliphatic rings. The highest BCUT2D eigenvalue weighted by molar-refractivity contribution is 5.85. The minimum atomic E-state index is -0.494. The average Bonchev–Trinajstić information content (AvgIpc) is 2.35. The summed E-state index contributed by atoms with van der Waals surface area (Å²) in [5, 5.41) is 14.9. The van der Waals surface area contributed by atoms with Crippen molar-refractivity contribution in [2.45, 2.75) is 6.10 Å². The SMILES string of the molecule is NC[C@@H](O)CNc1ccc2ccccc2c1. The lowest BCUT2D eigenvalue weighted by Gasteiger charge is -2.11. The number of nitrogens with one attached hydrogen (secondary N) is 1. The van der Waals surface area contributed by atoms with Crippen LogP contribution in [0.1, 0.15) is 0 Å². The van der Waals surface area contributed by atoms with Gasteiger partial charge in [0.2, 0.25) is 0 Å². The Bertz CT molecular complexity index is 470. The zero-order valence-corrected chi connectivity index (χ0v) is 9.06. The van der Waals surface area contributed by atoms with Crippen LogP contribution < -0.4 is 11.1 Å². The molecule has 0 aliphatic carbocycles. The Morgan fingerprint density at radius 1 is 1.12 bits per heavy atom. The number of anilines is 1. The molecule has 0 saturated heterocycles. The molecule has 0 saturated carbocycles. The van der Waals surface area contributed by atoms with Gasteiger partial charge in [-0.25, -0.2) is 0 Å². The van der Waals surface area contributed by atoms with Crippen LogP contribution in [0.15, 0.2) is 42.5 Å². The Kier molecular flexibility index (Phi) is 3.39. The van der Waals surface area contributed by atoms with Crippen molar-refractivity contribution in [2.24, 2.45) is 5.73 Å². The predicted molar refractivity (Wildman–Crippen MR) is 67.5 cm³/mol. The predicted octanol–water partition coefficient (Wildman–Crippen LogP) is 1.57. The van der Waals surface area contributed by atoms with E-state index in [0.717, 1.165) is 5.69 Å². The Morgan fingerprint density at radius 2 is 1.88 bits per heavy atom. The van der Waals surface area contributed by atoms with Crippen LogP contribution in [0.4, 0.5) is 5.69 Å². The molecule has 84 valence electrons. The summed E-state index contributed by atoms with van der Waals surface area (Å²) in [6.45, 7) is 0.759. The molecule has 2 aromatic carbocycles.